The Balaban J connectivity index is 1.71. The number of nitrogens with zero attached hydrogens (tertiary/aromatic N) is 1. The van der Waals surface area contributed by atoms with Crippen molar-refractivity contribution in [1.29, 1.82) is 0 Å². The molecule has 1 unspecified atom stereocenters. The van der Waals surface area contributed by atoms with Crippen molar-refractivity contribution < 1.29 is 4.42 Å². The molecule has 2 aromatic rings. The average molecular weight is 286 g/mol. The van der Waals surface area contributed by atoms with Gasteiger partial charge in [-0.05, 0) is 45.1 Å². The molecule has 0 saturated carbocycles. The lowest BCUT2D eigenvalue weighted by molar-refractivity contribution is 0.216. The fourth-order valence-electron chi connectivity index (χ4n) is 3.25. The standard InChI is InChI=1S/C18H26N2O/c1-19-16(14-20-11-7-3-2-4-8-12-20)18-13-15-9-5-6-10-17(15)21-18/h5-6,9-10,13,16,19H,2-4,7-8,11-12,14H2,1H3. The van der Waals surface area contributed by atoms with Crippen molar-refractivity contribution in [3.05, 3.63) is 36.1 Å². The Morgan fingerprint density at radius 2 is 1.81 bits per heavy atom. The van der Waals surface area contributed by atoms with Gasteiger partial charge in [0.25, 0.3) is 0 Å². The second-order valence-electron chi connectivity index (χ2n) is 6.10. The Morgan fingerprint density at radius 3 is 2.52 bits per heavy atom. The fourth-order valence-corrected chi connectivity index (χ4v) is 3.25. The molecule has 0 amide bonds. The van der Waals surface area contributed by atoms with Gasteiger partial charge in [0.05, 0.1) is 6.04 Å². The quantitative estimate of drug-likeness (QED) is 0.922. The Kier molecular flexibility index (Phi) is 4.94. The van der Waals surface area contributed by atoms with Crippen LogP contribution in [-0.4, -0.2) is 31.6 Å². The van der Waals surface area contributed by atoms with Gasteiger partial charge in [-0.2, -0.15) is 0 Å². The van der Waals surface area contributed by atoms with Crippen molar-refractivity contribution in [2.75, 3.05) is 26.7 Å². The van der Waals surface area contributed by atoms with Gasteiger partial charge in [-0.15, -0.1) is 0 Å². The number of para-hydroxylation sites is 1. The molecule has 0 aliphatic carbocycles. The summed E-state index contributed by atoms with van der Waals surface area (Å²) in [5.74, 6) is 1.06. The number of benzene rings is 1. The summed E-state index contributed by atoms with van der Waals surface area (Å²) in [6.45, 7) is 3.48. The zero-order chi connectivity index (χ0) is 14.5. The lowest BCUT2D eigenvalue weighted by Gasteiger charge is -2.27. The summed E-state index contributed by atoms with van der Waals surface area (Å²) >= 11 is 0. The van der Waals surface area contributed by atoms with Crippen LogP contribution in [0.5, 0.6) is 0 Å². The van der Waals surface area contributed by atoms with E-state index in [1.54, 1.807) is 0 Å². The molecule has 114 valence electrons. The zero-order valence-corrected chi connectivity index (χ0v) is 13.0. The maximum Gasteiger partial charge on any atom is 0.134 e. The Labute approximate surface area is 127 Å². The van der Waals surface area contributed by atoms with Crippen LogP contribution in [0.1, 0.15) is 43.9 Å². The second-order valence-corrected chi connectivity index (χ2v) is 6.10. The number of furan rings is 1. The highest BCUT2D eigenvalue weighted by Gasteiger charge is 2.18. The summed E-state index contributed by atoms with van der Waals surface area (Å²) in [6.07, 6.45) is 6.83. The molecule has 1 atom stereocenters. The first-order valence-electron chi connectivity index (χ1n) is 8.25. The van der Waals surface area contributed by atoms with E-state index < -0.39 is 0 Å². The van der Waals surface area contributed by atoms with Gasteiger partial charge in [0.15, 0.2) is 0 Å². The van der Waals surface area contributed by atoms with E-state index in [2.05, 4.69) is 28.4 Å². The van der Waals surface area contributed by atoms with Gasteiger partial charge in [-0.1, -0.05) is 37.5 Å². The third kappa shape index (κ3) is 3.66. The Bertz CT molecular complexity index is 522. The molecule has 0 radical (unpaired) electrons. The molecule has 0 bridgehead atoms. The zero-order valence-electron chi connectivity index (χ0n) is 13.0. The predicted molar refractivity (Wildman–Crippen MR) is 87.5 cm³/mol. The summed E-state index contributed by atoms with van der Waals surface area (Å²) < 4.78 is 6.03. The number of rotatable bonds is 4. The van der Waals surface area contributed by atoms with Gasteiger partial charge < -0.3 is 14.6 Å². The molecule has 0 spiro atoms. The highest BCUT2D eigenvalue weighted by Crippen LogP contribution is 2.24. The number of likely N-dealkylation sites (tertiary alicyclic amines) is 1. The number of likely N-dealkylation sites (N-methyl/N-ethyl adjacent to an activating group) is 1. The Hall–Kier alpha value is -1.32. The Morgan fingerprint density at radius 1 is 1.10 bits per heavy atom. The van der Waals surface area contributed by atoms with Crippen LogP contribution >= 0.6 is 0 Å². The SMILES string of the molecule is CNC(CN1CCCCCCC1)c1cc2ccccc2o1. The first-order chi connectivity index (χ1) is 10.4. The molecule has 3 rings (SSSR count). The van der Waals surface area contributed by atoms with Gasteiger partial charge in [-0.25, -0.2) is 0 Å². The van der Waals surface area contributed by atoms with Crippen LogP contribution in [0.15, 0.2) is 34.7 Å². The first-order valence-corrected chi connectivity index (χ1v) is 8.25. The number of hydrogen-bond donors (Lipinski definition) is 1. The van der Waals surface area contributed by atoms with E-state index in [0.29, 0.717) is 0 Å². The lowest BCUT2D eigenvalue weighted by atomic mass is 10.1. The molecule has 1 aromatic carbocycles. The highest BCUT2D eigenvalue weighted by atomic mass is 16.3. The molecule has 1 aromatic heterocycles. The largest absolute Gasteiger partial charge is 0.459 e. The molecule has 3 heteroatoms. The minimum atomic E-state index is 0.275. The average Bonchev–Trinajstić information content (AvgIpc) is 2.90. The van der Waals surface area contributed by atoms with Crippen LogP contribution < -0.4 is 5.32 Å². The third-order valence-electron chi connectivity index (χ3n) is 4.53. The second kappa shape index (κ2) is 7.10. The van der Waals surface area contributed by atoms with Gasteiger partial charge in [-0.3, -0.25) is 0 Å². The maximum absolute atomic E-state index is 6.03. The van der Waals surface area contributed by atoms with E-state index in [4.69, 9.17) is 4.42 Å². The molecule has 3 nitrogen and oxygen atoms in total. The minimum Gasteiger partial charge on any atom is -0.459 e. The van der Waals surface area contributed by atoms with Crippen molar-refractivity contribution >= 4 is 11.0 Å². The fraction of sp³-hybridized carbons (Fsp3) is 0.556. The number of nitrogens with one attached hydrogen (secondary N) is 1. The molecular formula is C18H26N2O. The van der Waals surface area contributed by atoms with Crippen LogP contribution in [0, 0.1) is 0 Å². The van der Waals surface area contributed by atoms with Crippen molar-refractivity contribution in [2.45, 2.75) is 38.1 Å². The van der Waals surface area contributed by atoms with Crippen molar-refractivity contribution in [3.63, 3.8) is 0 Å². The van der Waals surface area contributed by atoms with E-state index in [-0.39, 0.29) is 6.04 Å². The van der Waals surface area contributed by atoms with E-state index in [9.17, 15) is 0 Å². The molecule has 1 aliphatic rings. The van der Waals surface area contributed by atoms with E-state index >= 15 is 0 Å². The third-order valence-corrected chi connectivity index (χ3v) is 4.53. The van der Waals surface area contributed by atoms with Gasteiger partial charge in [0.2, 0.25) is 0 Å². The summed E-state index contributed by atoms with van der Waals surface area (Å²) in [6, 6.07) is 10.7. The molecular weight excluding hydrogens is 260 g/mol. The van der Waals surface area contributed by atoms with Gasteiger partial charge >= 0.3 is 0 Å². The maximum atomic E-state index is 6.03. The topological polar surface area (TPSA) is 28.4 Å². The molecule has 1 saturated heterocycles. The smallest absolute Gasteiger partial charge is 0.134 e. The van der Waals surface area contributed by atoms with Crippen molar-refractivity contribution in [1.82, 2.24) is 10.2 Å². The van der Waals surface area contributed by atoms with Crippen LogP contribution in [0.3, 0.4) is 0 Å². The monoisotopic (exact) mass is 286 g/mol. The predicted octanol–water partition coefficient (Wildman–Crippen LogP) is 3.96. The molecule has 2 heterocycles. The van der Waals surface area contributed by atoms with E-state index in [0.717, 1.165) is 17.9 Å². The van der Waals surface area contributed by atoms with Crippen LogP contribution in [0.4, 0.5) is 0 Å². The van der Waals surface area contributed by atoms with E-state index in [1.807, 2.05) is 19.2 Å². The normalized spacial score (nSPS) is 19.3. The lowest BCUT2D eigenvalue weighted by Crippen LogP contribution is -2.35. The number of fused-ring (bicyclic) bond motifs is 1. The van der Waals surface area contributed by atoms with Crippen LogP contribution in [0.2, 0.25) is 0 Å². The van der Waals surface area contributed by atoms with E-state index in [1.165, 1.54) is 50.6 Å². The molecule has 1 fully saturated rings. The van der Waals surface area contributed by atoms with Crippen LogP contribution in [-0.2, 0) is 0 Å². The van der Waals surface area contributed by atoms with Crippen molar-refractivity contribution in [2.24, 2.45) is 0 Å². The van der Waals surface area contributed by atoms with Crippen molar-refractivity contribution in [3.8, 4) is 0 Å². The van der Waals surface area contributed by atoms with Gasteiger partial charge in [0.1, 0.15) is 11.3 Å². The summed E-state index contributed by atoms with van der Waals surface area (Å²) in [7, 11) is 2.03. The highest BCUT2D eigenvalue weighted by molar-refractivity contribution is 5.77. The molecule has 21 heavy (non-hydrogen) atoms. The summed E-state index contributed by atoms with van der Waals surface area (Å²) in [4.78, 5) is 2.59. The van der Waals surface area contributed by atoms with Gasteiger partial charge in [0, 0.05) is 11.9 Å². The first kappa shape index (κ1) is 14.6. The molecule has 1 N–H and O–H groups in total. The summed E-state index contributed by atoms with van der Waals surface area (Å²) in [5.41, 5.74) is 0.986. The van der Waals surface area contributed by atoms with Crippen LogP contribution in [0.25, 0.3) is 11.0 Å². The number of hydrogen-bond acceptors (Lipinski definition) is 3. The molecule has 1 aliphatic heterocycles. The minimum absolute atomic E-state index is 0.275. The summed E-state index contributed by atoms with van der Waals surface area (Å²) in [5, 5.41) is 4.62.